The van der Waals surface area contributed by atoms with Crippen molar-refractivity contribution in [1.29, 1.82) is 0 Å². The minimum atomic E-state index is -1.39. The zero-order valence-electron chi connectivity index (χ0n) is 70.8. The number of ketones is 3. The van der Waals surface area contributed by atoms with E-state index in [0.717, 1.165) is 22.3 Å². The van der Waals surface area contributed by atoms with Gasteiger partial charge in [0.05, 0.1) is 47.2 Å². The molecule has 12 aliphatic carbocycles. The van der Waals surface area contributed by atoms with Gasteiger partial charge in [-0.1, -0.05) is 101 Å². The first kappa shape index (κ1) is 80.2. The van der Waals surface area contributed by atoms with Gasteiger partial charge in [-0.15, -0.1) is 19.7 Å². The van der Waals surface area contributed by atoms with E-state index in [1.165, 1.54) is 6.08 Å². The summed E-state index contributed by atoms with van der Waals surface area (Å²) in [5, 5.41) is 58.3. The third-order valence-electron chi connectivity index (χ3n) is 37.6. The van der Waals surface area contributed by atoms with Crippen LogP contribution in [0.3, 0.4) is 0 Å². The molecule has 20 fully saturated rings. The first-order valence-electron chi connectivity index (χ1n) is 43.8. The second-order valence-corrected chi connectivity index (χ2v) is 42.7. The number of fused-ring (bicyclic) bond motifs is 16. The Hall–Kier alpha value is -5.40. The number of aliphatic hydroxyl groups excluding tert-OH is 2. The molecule has 0 aromatic heterocycles. The van der Waals surface area contributed by atoms with Crippen molar-refractivity contribution in [3.63, 3.8) is 0 Å². The van der Waals surface area contributed by atoms with Crippen molar-refractivity contribution < 1.29 is 154 Å². The summed E-state index contributed by atoms with van der Waals surface area (Å²) in [7, 11) is 0. The molecule has 0 aromatic carbocycles. The van der Waals surface area contributed by atoms with Crippen LogP contribution in [0.2, 0.25) is 0 Å². The van der Waals surface area contributed by atoms with Gasteiger partial charge in [0.15, 0.2) is 39.4 Å². The van der Waals surface area contributed by atoms with Crippen LogP contribution in [0.25, 0.3) is 0 Å². The molecule has 37 atom stereocenters. The van der Waals surface area contributed by atoms with E-state index in [1.54, 1.807) is 18.2 Å². The smallest absolute Gasteiger partial charge is 0.458 e. The first-order valence-corrected chi connectivity index (χ1v) is 43.8. The monoisotopic (exact) mass is 1670 g/mol. The molecule has 8 spiro atoms. The standard InChI is InChI=1S/C26H32O7.C23H26O7.C20H24O7.C20H20O7.C3H5.Li/c1-6-8-22(28)12-21(5)15(14-11-30-20(27)17(14)22)10-16-25(31-16)23(29,9-7-2)24(13(3)4)18(32-24)19-26(21,25)33-19;1-5-6-20(26)9-19(4)12(11-8-27-17(24)14(11)20)7-13-22(28-13)18(25)21(10(2)3)15(29-21)16-23(19,22)30-16;2*1-7(2)18-13(26-18)14-20(27-14)17(3)5-10(21)12-8(6-24-15(12)22)9(17)4-11-19(20,25-11)16(18)23;1-3-2;/h6-7,13,15-16,18-19,28-29H,1-2,8-12H2,3-5H3;5,10,12-13,15-16,26H,1,6-9H2,2-4H3;7,9-11,13-14,16,21,23H,4-6H2,1-3H3;7,9,11,13-14H,4-6H2,1-3H3;3H,1-2H2;/q;;;;-1;+1/t15-,16-,18-,19-,21-,22?,23?,24-,25+,26+;12-,13-,15-,16-,19-,20?,21-,22+,23+;9-,10-,11-,13-,14-,16+,17-,18-,19+,20+;9-,11-,13-,14-,17-,18-,19+,20+;;/m0000../s1. The number of esters is 4. The Balaban J connectivity index is 0.0000000928. The zero-order valence-corrected chi connectivity index (χ0v) is 70.8. The number of epoxide rings is 12. The predicted molar refractivity (Wildman–Crippen MR) is 408 cm³/mol. The van der Waals surface area contributed by atoms with E-state index < -0.39 is 142 Å². The van der Waals surface area contributed by atoms with Gasteiger partial charge >= 0.3 is 42.7 Å². The average molecular weight is 1670 g/mol. The Morgan fingerprint density at radius 2 is 0.884 bits per heavy atom. The molecule has 8 saturated carbocycles. The number of rotatable bonds is 10. The van der Waals surface area contributed by atoms with Crippen LogP contribution in [0.15, 0.2) is 95.2 Å². The van der Waals surface area contributed by atoms with E-state index in [0.29, 0.717) is 68.1 Å². The van der Waals surface area contributed by atoms with Crippen LogP contribution in [-0.2, 0) is 109 Å². The van der Waals surface area contributed by atoms with Gasteiger partial charge in [0.1, 0.15) is 137 Å². The molecule has 0 radical (unpaired) electrons. The van der Waals surface area contributed by atoms with Crippen molar-refractivity contribution >= 4 is 41.2 Å². The van der Waals surface area contributed by atoms with Crippen molar-refractivity contribution in [3.05, 3.63) is 102 Å². The maximum absolute atomic E-state index is 13.8. The van der Waals surface area contributed by atoms with Crippen LogP contribution in [-0.4, -0.2) is 263 Å². The van der Waals surface area contributed by atoms with Crippen LogP contribution in [0.4, 0.5) is 0 Å². The summed E-state index contributed by atoms with van der Waals surface area (Å²) >= 11 is 0. The molecule has 644 valence electrons. The van der Waals surface area contributed by atoms with Crippen LogP contribution in [0.1, 0.15) is 154 Å². The number of ether oxygens (including phenoxy) is 16. The predicted octanol–water partition coefficient (Wildman–Crippen LogP) is 1.77. The third-order valence-corrected chi connectivity index (χ3v) is 37.6. The first-order chi connectivity index (χ1) is 56.6. The van der Waals surface area contributed by atoms with Gasteiger partial charge in [0.2, 0.25) is 11.6 Å². The third kappa shape index (κ3) is 7.84. The second-order valence-electron chi connectivity index (χ2n) is 42.7. The van der Waals surface area contributed by atoms with Crippen molar-refractivity contribution in [2.75, 3.05) is 26.4 Å². The fourth-order valence-corrected chi connectivity index (χ4v) is 32.7. The Kier molecular flexibility index (Phi) is 15.1. The molecular formula is C92H107LiO28. The van der Waals surface area contributed by atoms with Crippen LogP contribution in [0, 0.1) is 75.9 Å². The summed E-state index contributed by atoms with van der Waals surface area (Å²) < 4.78 is 97.0. The Labute approximate surface area is 712 Å². The van der Waals surface area contributed by atoms with Crippen LogP contribution < -0.4 is 18.9 Å². The van der Waals surface area contributed by atoms with Crippen molar-refractivity contribution in [3.8, 4) is 0 Å². The number of carbonyl (C=O) groups is 7. The molecular weight excluding hydrogens is 1560 g/mol. The van der Waals surface area contributed by atoms with Crippen LogP contribution >= 0.6 is 0 Å². The fraction of sp³-hybridized carbons (Fsp3) is 0.739. The topological polar surface area (TPSA) is 408 Å². The number of Topliss-reactive ketones (excluding diaryl/α,β-unsaturated/α-hetero) is 3. The minimum Gasteiger partial charge on any atom is -0.458 e. The van der Waals surface area contributed by atoms with E-state index >= 15 is 0 Å². The average Bonchev–Trinajstić information content (AvgIpc) is 1.26. The molecule has 28 nitrogen and oxygen atoms in total. The normalized spacial score (nSPS) is 58.0. The van der Waals surface area contributed by atoms with Gasteiger partial charge in [-0.25, -0.2) is 38.8 Å². The van der Waals surface area contributed by atoms with Gasteiger partial charge in [-0.3, -0.25) is 14.4 Å². The van der Waals surface area contributed by atoms with Gasteiger partial charge in [0.25, 0.3) is 0 Å². The minimum absolute atomic E-state index is 0. The number of carbonyl (C=O) groups excluding carboxylic acids is 7. The summed E-state index contributed by atoms with van der Waals surface area (Å²) in [6.45, 7) is 43.5. The number of hydrogen-bond donors (Lipinski definition) is 5. The summed E-state index contributed by atoms with van der Waals surface area (Å²) in [6.07, 6.45) is 7.00. The van der Waals surface area contributed by atoms with Gasteiger partial charge in [-0.05, 0) is 134 Å². The van der Waals surface area contributed by atoms with Gasteiger partial charge in [0, 0.05) is 28.1 Å². The molecule has 121 heavy (non-hydrogen) atoms. The summed E-state index contributed by atoms with van der Waals surface area (Å²) in [6, 6.07) is 0. The molecule has 0 aromatic rings. The SMILES string of the molecule is C=CCC1(O)C[C@@]2(C)[C@@H](C[C@@H]3O[C@@]34C(=O)[C@@]3(C(C)C)O[C@H]3[C@@H]3O[C@]324)C2=C1C(=O)OC2.C=CCC1(O)C[C@@]2(C)[C@@H](C[C@@H]3O[C@@]34C(O)(CC=C)[C@@]3(C(C)C)O[C@H]3[C@@H]3O[C@]324)C2=C1C(=O)OC2.C=C[CH2-].CC(C)[C@]12O[C@H]1[C@@H]1O[C@@]13[C@@]1(C)CC(=O)C4=C(COC4=O)[C@@H]1C[C@@H]1O[C@@]13C2=O.CC(C)[C@]12O[C@H]1[C@@H]1O[C@]13[C@]1(O[C@H]1C[C@H]1C4=C(C(=O)OC4)[C@@H](O)C[C@@]13C)[C@@H]2O.[Li+]. The second kappa shape index (κ2) is 22.8. The fourth-order valence-electron chi connectivity index (χ4n) is 32.7. The Bertz CT molecular complexity index is 5140. The number of hydrogen-bond acceptors (Lipinski definition) is 28. The number of cyclic esters (lactones) is 4. The van der Waals surface area contributed by atoms with Crippen molar-refractivity contribution in [1.82, 2.24) is 0 Å². The van der Waals surface area contributed by atoms with Gasteiger partial charge in [-0.2, -0.15) is 0 Å². The molecule has 29 heteroatoms. The molecule has 28 aliphatic rings. The molecule has 0 amide bonds. The molecule has 12 saturated heterocycles. The maximum atomic E-state index is 13.8. The van der Waals surface area contributed by atoms with Crippen LogP contribution in [0.5, 0.6) is 0 Å². The number of aliphatic hydroxyl groups is 5. The van der Waals surface area contributed by atoms with Crippen molar-refractivity contribution in [2.45, 2.75) is 323 Å². The molecule has 16 heterocycles. The Morgan fingerprint density at radius 3 is 1.41 bits per heavy atom. The summed E-state index contributed by atoms with van der Waals surface area (Å²) in [5.41, 5.74) is -11.3. The van der Waals surface area contributed by atoms with E-state index in [2.05, 4.69) is 81.7 Å². The zero-order chi connectivity index (χ0) is 84.6. The molecule has 5 N–H and O–H groups in total. The van der Waals surface area contributed by atoms with E-state index in [4.69, 9.17) is 75.8 Å². The van der Waals surface area contributed by atoms with E-state index in [1.807, 2.05) is 34.6 Å². The molecule has 0 bridgehead atoms. The number of allylic oxidation sites excluding steroid dienone is 1. The molecule has 3 unspecified atom stereocenters. The molecule has 28 rings (SSSR count). The van der Waals surface area contributed by atoms with Crippen molar-refractivity contribution in [2.24, 2.45) is 69.0 Å². The maximum Gasteiger partial charge on any atom is 1.00 e. The summed E-state index contributed by atoms with van der Waals surface area (Å²) in [5.74, 6) is -1.76. The molecule has 16 aliphatic heterocycles. The van der Waals surface area contributed by atoms with Gasteiger partial charge < -0.3 is 101 Å². The Morgan fingerprint density at radius 1 is 0.438 bits per heavy atom. The summed E-state index contributed by atoms with van der Waals surface area (Å²) in [4.78, 5) is 89.8. The van der Waals surface area contributed by atoms with E-state index in [-0.39, 0.29) is 208 Å². The quantitative estimate of drug-likeness (QED) is 0.0396. The van der Waals surface area contributed by atoms with E-state index in [9.17, 15) is 59.1 Å². The largest absolute Gasteiger partial charge is 1.00 e.